The van der Waals surface area contributed by atoms with E-state index in [1.807, 2.05) is 25.3 Å². The van der Waals surface area contributed by atoms with E-state index in [4.69, 9.17) is 4.74 Å². The smallest absolute Gasteiger partial charge is 0.248 e. The topological polar surface area (TPSA) is 73.2 Å². The lowest BCUT2D eigenvalue weighted by Crippen LogP contribution is -2.48. The van der Waals surface area contributed by atoms with Gasteiger partial charge in [-0.05, 0) is 50.1 Å². The zero-order chi connectivity index (χ0) is 20.4. The van der Waals surface area contributed by atoms with Crippen molar-refractivity contribution >= 4 is 10.0 Å². The molecule has 1 aliphatic rings. The van der Waals surface area contributed by atoms with Crippen LogP contribution in [0.5, 0.6) is 5.75 Å². The van der Waals surface area contributed by atoms with Crippen molar-refractivity contribution in [3.63, 3.8) is 0 Å². The maximum Gasteiger partial charge on any atom is 0.248 e. The Balaban J connectivity index is 1.66. The van der Waals surface area contributed by atoms with Gasteiger partial charge in [-0.15, -0.1) is 0 Å². The van der Waals surface area contributed by atoms with Gasteiger partial charge in [-0.1, -0.05) is 0 Å². The first-order valence-electron chi connectivity index (χ1n) is 9.30. The van der Waals surface area contributed by atoms with E-state index in [2.05, 4.69) is 9.82 Å². The number of aromatic nitrogens is 2. The summed E-state index contributed by atoms with van der Waals surface area (Å²) in [6.07, 6.45) is 3.03. The minimum absolute atomic E-state index is 0.0206. The molecule has 1 N–H and O–H groups in total. The summed E-state index contributed by atoms with van der Waals surface area (Å²) >= 11 is 0. The molecule has 154 valence electrons. The van der Waals surface area contributed by atoms with E-state index < -0.39 is 34.3 Å². The third-order valence-corrected chi connectivity index (χ3v) is 6.36. The van der Waals surface area contributed by atoms with E-state index in [-0.39, 0.29) is 25.2 Å². The van der Waals surface area contributed by atoms with Crippen LogP contribution < -0.4 is 9.46 Å². The molecule has 0 radical (unpaired) electrons. The number of aryl methyl sites for hydroxylation is 1. The van der Waals surface area contributed by atoms with Crippen molar-refractivity contribution < 1.29 is 21.9 Å². The number of nitrogens with one attached hydrogen (secondary N) is 1. The Labute approximate surface area is 163 Å². The Kier molecular flexibility index (Phi) is 6.04. The second-order valence-corrected chi connectivity index (χ2v) is 9.30. The molecule has 6 nitrogen and oxygen atoms in total. The molecule has 1 heterocycles. The monoisotopic (exact) mass is 413 g/mol. The molecular weight excluding hydrogens is 388 g/mol. The van der Waals surface area contributed by atoms with Crippen LogP contribution in [0.2, 0.25) is 0 Å². The van der Waals surface area contributed by atoms with Crippen LogP contribution in [0.3, 0.4) is 0 Å². The van der Waals surface area contributed by atoms with Crippen molar-refractivity contribution in [3.8, 4) is 11.4 Å². The maximum absolute atomic E-state index is 13.9. The Bertz CT molecular complexity index is 897. The second kappa shape index (κ2) is 8.16. The van der Waals surface area contributed by atoms with Gasteiger partial charge in [0.15, 0.2) is 0 Å². The number of ether oxygens (including phenoxy) is 1. The van der Waals surface area contributed by atoms with E-state index in [1.165, 1.54) is 6.92 Å². The average Bonchev–Trinajstić information content (AvgIpc) is 3.08. The van der Waals surface area contributed by atoms with E-state index >= 15 is 0 Å². The largest absolute Gasteiger partial charge is 0.493 e. The first-order chi connectivity index (χ1) is 13.2. The summed E-state index contributed by atoms with van der Waals surface area (Å²) < 4.78 is 61.5. The first-order valence-corrected chi connectivity index (χ1v) is 10.9. The van der Waals surface area contributed by atoms with Crippen molar-refractivity contribution in [1.29, 1.82) is 0 Å². The molecule has 1 saturated carbocycles. The standard InChI is InChI=1S/C19H25F2N3O3S/c1-3-28(25,26)23-18-8-9-19(20,21)10-15(18)13-27-17-6-4-16(5-7-17)24-12-14(2)11-22-24/h4-7,11-12,15,18,23H,3,8-10,13H2,1-2H3/t15-,18+/m1/s1. The molecule has 0 bridgehead atoms. The van der Waals surface area contributed by atoms with Gasteiger partial charge < -0.3 is 4.74 Å². The van der Waals surface area contributed by atoms with E-state index in [9.17, 15) is 17.2 Å². The third kappa shape index (κ3) is 5.29. The van der Waals surface area contributed by atoms with Gasteiger partial charge in [0.25, 0.3) is 0 Å². The normalized spacial score (nSPS) is 22.1. The summed E-state index contributed by atoms with van der Waals surface area (Å²) in [5.41, 5.74) is 1.90. The van der Waals surface area contributed by atoms with Gasteiger partial charge in [-0.25, -0.2) is 26.6 Å². The number of benzene rings is 1. The molecule has 1 aliphatic carbocycles. The third-order valence-electron chi connectivity index (χ3n) is 4.94. The van der Waals surface area contributed by atoms with Crippen LogP contribution in [0.25, 0.3) is 5.69 Å². The molecule has 0 unspecified atom stereocenters. The van der Waals surface area contributed by atoms with Gasteiger partial charge in [0.2, 0.25) is 15.9 Å². The molecule has 3 rings (SSSR count). The van der Waals surface area contributed by atoms with Crippen molar-refractivity contribution in [2.75, 3.05) is 12.4 Å². The van der Waals surface area contributed by atoms with Crippen LogP contribution in [0.15, 0.2) is 36.7 Å². The molecular formula is C19H25F2N3O3S. The fourth-order valence-electron chi connectivity index (χ4n) is 3.33. The van der Waals surface area contributed by atoms with Gasteiger partial charge in [-0.3, -0.25) is 0 Å². The minimum Gasteiger partial charge on any atom is -0.493 e. The summed E-state index contributed by atoms with van der Waals surface area (Å²) in [4.78, 5) is 0. The molecule has 2 aromatic rings. The molecule has 0 spiro atoms. The second-order valence-electron chi connectivity index (χ2n) is 7.25. The molecule has 0 aliphatic heterocycles. The SMILES string of the molecule is CCS(=O)(=O)N[C@H]1CCC(F)(F)C[C@@H]1COc1ccc(-n2cc(C)cn2)cc1. The number of sulfonamides is 1. The fourth-order valence-corrected chi connectivity index (χ4v) is 4.27. The Hall–Kier alpha value is -2.00. The lowest BCUT2D eigenvalue weighted by Gasteiger charge is -2.36. The predicted molar refractivity (Wildman–Crippen MR) is 102 cm³/mol. The average molecular weight is 413 g/mol. The lowest BCUT2D eigenvalue weighted by atomic mass is 9.83. The highest BCUT2D eigenvalue weighted by atomic mass is 32.2. The summed E-state index contributed by atoms with van der Waals surface area (Å²) in [5.74, 6) is -2.94. The van der Waals surface area contributed by atoms with Crippen LogP contribution >= 0.6 is 0 Å². The molecule has 1 fully saturated rings. The Morgan fingerprint density at radius 1 is 1.32 bits per heavy atom. The number of rotatable bonds is 7. The highest BCUT2D eigenvalue weighted by molar-refractivity contribution is 7.89. The summed E-state index contributed by atoms with van der Waals surface area (Å²) in [5, 5.41) is 4.23. The molecule has 0 saturated heterocycles. The molecule has 1 aromatic carbocycles. The van der Waals surface area contributed by atoms with Crippen molar-refractivity contribution in [2.24, 2.45) is 5.92 Å². The summed E-state index contributed by atoms with van der Waals surface area (Å²) in [6.45, 7) is 3.49. The molecule has 28 heavy (non-hydrogen) atoms. The first kappa shape index (κ1) is 20.7. The number of nitrogens with zero attached hydrogens (tertiary/aromatic N) is 2. The van der Waals surface area contributed by atoms with Crippen LogP contribution in [0.1, 0.15) is 31.7 Å². The van der Waals surface area contributed by atoms with Gasteiger partial charge >= 0.3 is 0 Å². The van der Waals surface area contributed by atoms with E-state index in [1.54, 1.807) is 23.0 Å². The zero-order valence-corrected chi connectivity index (χ0v) is 16.8. The van der Waals surface area contributed by atoms with E-state index in [0.717, 1.165) is 11.3 Å². The van der Waals surface area contributed by atoms with Gasteiger partial charge in [0.1, 0.15) is 5.75 Å². The number of hydrogen-bond acceptors (Lipinski definition) is 4. The van der Waals surface area contributed by atoms with Gasteiger partial charge in [0, 0.05) is 31.0 Å². The molecule has 2 atom stereocenters. The van der Waals surface area contributed by atoms with Crippen LogP contribution in [0, 0.1) is 12.8 Å². The zero-order valence-electron chi connectivity index (χ0n) is 15.9. The molecule has 9 heteroatoms. The van der Waals surface area contributed by atoms with Gasteiger partial charge in [-0.2, -0.15) is 5.10 Å². The van der Waals surface area contributed by atoms with Crippen molar-refractivity contribution in [1.82, 2.24) is 14.5 Å². The van der Waals surface area contributed by atoms with Crippen molar-refractivity contribution in [3.05, 3.63) is 42.2 Å². The fraction of sp³-hybridized carbons (Fsp3) is 0.526. The molecule has 0 amide bonds. The number of hydrogen-bond donors (Lipinski definition) is 1. The van der Waals surface area contributed by atoms with Crippen LogP contribution in [-0.2, 0) is 10.0 Å². The lowest BCUT2D eigenvalue weighted by molar-refractivity contribution is -0.0660. The summed E-state index contributed by atoms with van der Waals surface area (Å²) in [7, 11) is -3.47. The minimum atomic E-state index is -3.47. The Morgan fingerprint density at radius 2 is 2.04 bits per heavy atom. The van der Waals surface area contributed by atoms with Crippen LogP contribution in [-0.4, -0.2) is 42.5 Å². The Morgan fingerprint density at radius 3 is 2.64 bits per heavy atom. The maximum atomic E-state index is 13.9. The summed E-state index contributed by atoms with van der Waals surface area (Å²) in [6, 6.07) is 6.61. The number of alkyl halides is 2. The van der Waals surface area contributed by atoms with Crippen LogP contribution in [0.4, 0.5) is 8.78 Å². The quantitative estimate of drug-likeness (QED) is 0.756. The van der Waals surface area contributed by atoms with E-state index in [0.29, 0.717) is 5.75 Å². The predicted octanol–water partition coefficient (Wildman–Crippen LogP) is 3.30. The van der Waals surface area contributed by atoms with Crippen molar-refractivity contribution in [2.45, 2.75) is 45.1 Å². The highest BCUT2D eigenvalue weighted by Crippen LogP contribution is 2.37. The highest BCUT2D eigenvalue weighted by Gasteiger charge is 2.42. The van der Waals surface area contributed by atoms with Gasteiger partial charge in [0.05, 0.1) is 24.2 Å². The number of halogens is 2. The molecule has 1 aromatic heterocycles.